The second-order valence-electron chi connectivity index (χ2n) is 4.30. The lowest BCUT2D eigenvalue weighted by Gasteiger charge is -2.26. The number of hydrogen-bond acceptors (Lipinski definition) is 4. The molecule has 0 unspecified atom stereocenters. The third-order valence-electron chi connectivity index (χ3n) is 2.31. The van der Waals surface area contributed by atoms with Crippen molar-refractivity contribution in [1.29, 1.82) is 0 Å². The van der Waals surface area contributed by atoms with Crippen LogP contribution in [0.2, 0.25) is 0 Å². The summed E-state index contributed by atoms with van der Waals surface area (Å²) in [6.45, 7) is 3.58. The normalized spacial score (nSPS) is 11.5. The van der Waals surface area contributed by atoms with Crippen LogP contribution in [0.25, 0.3) is 0 Å². The molecule has 0 bridgehead atoms. The van der Waals surface area contributed by atoms with Crippen molar-refractivity contribution >= 4 is 0 Å². The average Bonchev–Trinajstić information content (AvgIpc) is 2.20. The second kappa shape index (κ2) is 5.18. The minimum atomic E-state index is -0.535. The maximum Gasteiger partial charge on any atom is 0.161 e. The largest absolute Gasteiger partial charge is 0.504 e. The van der Waals surface area contributed by atoms with Crippen LogP contribution in [-0.4, -0.2) is 27.5 Å². The number of benzene rings is 1. The number of aliphatic hydroxyl groups excluding tert-OH is 2. The molecule has 0 saturated heterocycles. The van der Waals surface area contributed by atoms with Crippen molar-refractivity contribution in [2.24, 2.45) is 0 Å². The number of aliphatic hydroxyl groups is 2. The molecule has 0 radical (unpaired) electrons. The van der Waals surface area contributed by atoms with Gasteiger partial charge >= 0.3 is 0 Å². The van der Waals surface area contributed by atoms with Gasteiger partial charge in [0.2, 0.25) is 0 Å². The third kappa shape index (κ3) is 3.40. The molecule has 0 aromatic heterocycles. The predicted molar refractivity (Wildman–Crippen MR) is 60.4 cm³/mol. The van der Waals surface area contributed by atoms with Crippen LogP contribution in [0, 0.1) is 0 Å². The number of phenols is 1. The first-order valence-corrected chi connectivity index (χ1v) is 5.21. The highest BCUT2D eigenvalue weighted by Crippen LogP contribution is 2.30. The average molecular weight is 226 g/mol. The Balaban J connectivity index is 2.81. The molecule has 0 fully saturated rings. The number of ether oxygens (including phenoxy) is 1. The molecule has 0 heterocycles. The van der Waals surface area contributed by atoms with Crippen LogP contribution in [-0.2, 0) is 6.61 Å². The lowest BCUT2D eigenvalue weighted by molar-refractivity contribution is 0.0734. The van der Waals surface area contributed by atoms with E-state index in [0.717, 1.165) is 0 Å². The fraction of sp³-hybridized carbons (Fsp3) is 0.500. The molecule has 1 aromatic rings. The second-order valence-corrected chi connectivity index (χ2v) is 4.30. The van der Waals surface area contributed by atoms with Crippen LogP contribution in [0.5, 0.6) is 11.5 Å². The van der Waals surface area contributed by atoms with E-state index in [0.29, 0.717) is 17.7 Å². The highest BCUT2D eigenvalue weighted by Gasteiger charge is 2.20. The maximum atomic E-state index is 9.66. The van der Waals surface area contributed by atoms with Crippen LogP contribution in [0.15, 0.2) is 18.2 Å². The van der Waals surface area contributed by atoms with Gasteiger partial charge in [-0.1, -0.05) is 6.07 Å². The fourth-order valence-corrected chi connectivity index (χ4v) is 1.37. The molecular weight excluding hydrogens is 208 g/mol. The van der Waals surface area contributed by atoms with Gasteiger partial charge in [-0.3, -0.25) is 0 Å². The summed E-state index contributed by atoms with van der Waals surface area (Å²) in [4.78, 5) is 0. The van der Waals surface area contributed by atoms with E-state index >= 15 is 0 Å². The van der Waals surface area contributed by atoms with Crippen molar-refractivity contribution in [3.8, 4) is 11.5 Å². The van der Waals surface area contributed by atoms with E-state index in [1.807, 2.05) is 13.8 Å². The zero-order valence-electron chi connectivity index (χ0n) is 9.60. The van der Waals surface area contributed by atoms with E-state index in [1.54, 1.807) is 12.1 Å². The molecule has 0 atom stereocenters. The number of rotatable bonds is 5. The van der Waals surface area contributed by atoms with E-state index in [4.69, 9.17) is 14.9 Å². The topological polar surface area (TPSA) is 69.9 Å². The minimum absolute atomic E-state index is 0.00225. The zero-order valence-corrected chi connectivity index (χ0v) is 9.60. The Hall–Kier alpha value is -1.26. The summed E-state index contributed by atoms with van der Waals surface area (Å²) in [6, 6.07) is 4.76. The maximum absolute atomic E-state index is 9.66. The minimum Gasteiger partial charge on any atom is -0.504 e. The summed E-state index contributed by atoms with van der Waals surface area (Å²) in [7, 11) is 0. The van der Waals surface area contributed by atoms with Gasteiger partial charge in [0.05, 0.1) is 6.61 Å². The Kier molecular flexibility index (Phi) is 4.15. The van der Waals surface area contributed by atoms with Gasteiger partial charge in [-0.05, 0) is 31.5 Å². The zero-order chi connectivity index (χ0) is 12.2. The van der Waals surface area contributed by atoms with Crippen molar-refractivity contribution in [3.05, 3.63) is 23.8 Å². The fourth-order valence-electron chi connectivity index (χ4n) is 1.37. The van der Waals surface area contributed by atoms with Gasteiger partial charge in [0.15, 0.2) is 11.5 Å². The van der Waals surface area contributed by atoms with Gasteiger partial charge < -0.3 is 20.1 Å². The predicted octanol–water partition coefficient (Wildman–Crippen LogP) is 1.42. The molecule has 0 aliphatic rings. The van der Waals surface area contributed by atoms with Crippen molar-refractivity contribution in [1.82, 2.24) is 0 Å². The number of aromatic hydroxyl groups is 1. The number of phenolic OH excluding ortho intramolecular Hbond substituents is 1. The van der Waals surface area contributed by atoms with Crippen LogP contribution in [0.3, 0.4) is 0 Å². The van der Waals surface area contributed by atoms with E-state index in [1.165, 1.54) is 6.07 Å². The standard InChI is InChI=1S/C12H18O4/c1-12(2,5-6-13)16-11-4-3-9(8-14)7-10(11)15/h3-4,7,13-15H,5-6,8H2,1-2H3. The van der Waals surface area contributed by atoms with Gasteiger partial charge in [-0.15, -0.1) is 0 Å². The van der Waals surface area contributed by atoms with Gasteiger partial charge in [-0.2, -0.15) is 0 Å². The smallest absolute Gasteiger partial charge is 0.161 e. The monoisotopic (exact) mass is 226 g/mol. The van der Waals surface area contributed by atoms with E-state index in [9.17, 15) is 5.11 Å². The summed E-state index contributed by atoms with van der Waals surface area (Å²) in [6.07, 6.45) is 0.480. The Morgan fingerprint density at radius 3 is 2.44 bits per heavy atom. The van der Waals surface area contributed by atoms with Crippen LogP contribution in [0.4, 0.5) is 0 Å². The van der Waals surface area contributed by atoms with Gasteiger partial charge in [0.1, 0.15) is 5.60 Å². The van der Waals surface area contributed by atoms with Gasteiger partial charge in [0.25, 0.3) is 0 Å². The van der Waals surface area contributed by atoms with Crippen molar-refractivity contribution < 1.29 is 20.1 Å². The molecule has 1 rings (SSSR count). The van der Waals surface area contributed by atoms with Gasteiger partial charge in [0, 0.05) is 13.0 Å². The number of hydrogen-bond donors (Lipinski definition) is 3. The quantitative estimate of drug-likeness (QED) is 0.710. The first kappa shape index (κ1) is 12.8. The Labute approximate surface area is 95.1 Å². The summed E-state index contributed by atoms with van der Waals surface area (Å²) >= 11 is 0. The molecule has 0 spiro atoms. The van der Waals surface area contributed by atoms with E-state index < -0.39 is 5.60 Å². The summed E-state index contributed by atoms with van der Waals surface area (Å²) in [5.74, 6) is 0.355. The van der Waals surface area contributed by atoms with E-state index in [2.05, 4.69) is 0 Å². The Bertz CT molecular complexity index is 347. The van der Waals surface area contributed by atoms with Crippen molar-refractivity contribution in [2.75, 3.05) is 6.61 Å². The summed E-state index contributed by atoms with van der Waals surface area (Å²) < 4.78 is 5.58. The molecule has 16 heavy (non-hydrogen) atoms. The van der Waals surface area contributed by atoms with Crippen molar-refractivity contribution in [2.45, 2.75) is 32.5 Å². The van der Waals surface area contributed by atoms with Crippen LogP contribution < -0.4 is 4.74 Å². The van der Waals surface area contributed by atoms with Crippen LogP contribution in [0.1, 0.15) is 25.8 Å². The van der Waals surface area contributed by atoms with Crippen molar-refractivity contribution in [3.63, 3.8) is 0 Å². The molecule has 0 aliphatic heterocycles. The first-order chi connectivity index (χ1) is 7.48. The molecular formula is C12H18O4. The summed E-state index contributed by atoms with van der Waals surface area (Å²) in [5, 5.41) is 27.4. The third-order valence-corrected chi connectivity index (χ3v) is 2.31. The SMILES string of the molecule is CC(C)(CCO)Oc1ccc(CO)cc1O. The van der Waals surface area contributed by atoms with E-state index in [-0.39, 0.29) is 19.0 Å². The Morgan fingerprint density at radius 1 is 1.25 bits per heavy atom. The summed E-state index contributed by atoms with van der Waals surface area (Å²) in [5.41, 5.74) is 0.0947. The molecule has 0 amide bonds. The Morgan fingerprint density at radius 2 is 1.94 bits per heavy atom. The molecule has 90 valence electrons. The lowest BCUT2D eigenvalue weighted by Crippen LogP contribution is -2.29. The lowest BCUT2D eigenvalue weighted by atomic mass is 10.1. The molecule has 0 aliphatic carbocycles. The molecule has 0 saturated carbocycles. The highest BCUT2D eigenvalue weighted by atomic mass is 16.5. The molecule has 1 aromatic carbocycles. The van der Waals surface area contributed by atoms with Gasteiger partial charge in [-0.25, -0.2) is 0 Å². The molecule has 3 N–H and O–H groups in total. The highest BCUT2D eigenvalue weighted by molar-refractivity contribution is 5.41. The van der Waals surface area contributed by atoms with Crippen LogP contribution >= 0.6 is 0 Å². The molecule has 4 nitrogen and oxygen atoms in total. The molecule has 4 heteroatoms. The first-order valence-electron chi connectivity index (χ1n) is 5.21.